The van der Waals surface area contributed by atoms with Crippen molar-refractivity contribution in [3.8, 4) is 0 Å². The SMILES string of the molecule is C=CCC[C@H](c1ccc(C(=O)O)cc1)C(C)C. The fourth-order valence-corrected chi connectivity index (χ4v) is 2.06. The maximum Gasteiger partial charge on any atom is 0.335 e. The Morgan fingerprint density at radius 2 is 1.94 bits per heavy atom. The van der Waals surface area contributed by atoms with Crippen LogP contribution in [-0.4, -0.2) is 11.1 Å². The van der Waals surface area contributed by atoms with Crippen LogP contribution in [0.2, 0.25) is 0 Å². The number of hydrogen-bond donors (Lipinski definition) is 1. The zero-order chi connectivity index (χ0) is 12.8. The van der Waals surface area contributed by atoms with Gasteiger partial charge in [-0.15, -0.1) is 6.58 Å². The van der Waals surface area contributed by atoms with Crippen LogP contribution in [0.25, 0.3) is 0 Å². The summed E-state index contributed by atoms with van der Waals surface area (Å²) in [6.07, 6.45) is 3.98. The maximum atomic E-state index is 10.8. The molecule has 2 heteroatoms. The lowest BCUT2D eigenvalue weighted by atomic mass is 9.84. The normalized spacial score (nSPS) is 12.4. The van der Waals surface area contributed by atoms with Gasteiger partial charge in [-0.1, -0.05) is 32.1 Å². The van der Waals surface area contributed by atoms with E-state index >= 15 is 0 Å². The van der Waals surface area contributed by atoms with E-state index < -0.39 is 5.97 Å². The molecule has 0 spiro atoms. The van der Waals surface area contributed by atoms with E-state index in [1.807, 2.05) is 18.2 Å². The molecule has 1 aromatic carbocycles. The summed E-state index contributed by atoms with van der Waals surface area (Å²) < 4.78 is 0. The van der Waals surface area contributed by atoms with E-state index in [9.17, 15) is 4.79 Å². The first kappa shape index (κ1) is 13.5. The predicted molar refractivity (Wildman–Crippen MR) is 70.4 cm³/mol. The Bertz CT molecular complexity index is 376. The first-order valence-corrected chi connectivity index (χ1v) is 6.00. The van der Waals surface area contributed by atoms with E-state index in [1.54, 1.807) is 12.1 Å². The summed E-state index contributed by atoms with van der Waals surface area (Å²) in [4.78, 5) is 10.8. The standard InChI is InChI=1S/C15H20O2/c1-4-5-6-14(11(2)3)12-7-9-13(10-8-12)15(16)17/h4,7-11,14H,1,5-6H2,2-3H3,(H,16,17)/t14-/m0/s1. The molecular weight excluding hydrogens is 212 g/mol. The summed E-state index contributed by atoms with van der Waals surface area (Å²) in [5.41, 5.74) is 1.56. The van der Waals surface area contributed by atoms with Crippen LogP contribution in [0.3, 0.4) is 0 Å². The second-order valence-electron chi connectivity index (χ2n) is 4.64. The first-order chi connectivity index (χ1) is 8.06. The lowest BCUT2D eigenvalue weighted by Gasteiger charge is -2.20. The van der Waals surface area contributed by atoms with Crippen molar-refractivity contribution in [1.82, 2.24) is 0 Å². The summed E-state index contributed by atoms with van der Waals surface area (Å²) >= 11 is 0. The molecule has 1 aromatic rings. The molecule has 0 bridgehead atoms. The summed E-state index contributed by atoms with van der Waals surface area (Å²) in [7, 11) is 0. The van der Waals surface area contributed by atoms with Crippen LogP contribution in [0.15, 0.2) is 36.9 Å². The highest BCUT2D eigenvalue weighted by Gasteiger charge is 2.15. The lowest BCUT2D eigenvalue weighted by Crippen LogP contribution is -2.07. The van der Waals surface area contributed by atoms with Crippen molar-refractivity contribution in [1.29, 1.82) is 0 Å². The molecule has 0 aliphatic heterocycles. The molecule has 92 valence electrons. The minimum atomic E-state index is -0.872. The van der Waals surface area contributed by atoms with Gasteiger partial charge in [-0.2, -0.15) is 0 Å². The van der Waals surface area contributed by atoms with E-state index in [0.29, 0.717) is 17.4 Å². The van der Waals surface area contributed by atoms with Crippen molar-refractivity contribution in [3.05, 3.63) is 48.0 Å². The zero-order valence-corrected chi connectivity index (χ0v) is 10.5. The van der Waals surface area contributed by atoms with Gasteiger partial charge in [0.1, 0.15) is 0 Å². The molecule has 0 saturated heterocycles. The van der Waals surface area contributed by atoms with Gasteiger partial charge in [-0.25, -0.2) is 4.79 Å². The molecule has 0 fully saturated rings. The Morgan fingerprint density at radius 1 is 1.35 bits per heavy atom. The molecule has 0 amide bonds. The number of hydrogen-bond acceptors (Lipinski definition) is 1. The van der Waals surface area contributed by atoms with E-state index in [4.69, 9.17) is 5.11 Å². The highest BCUT2D eigenvalue weighted by molar-refractivity contribution is 5.87. The van der Waals surface area contributed by atoms with E-state index in [-0.39, 0.29) is 0 Å². The summed E-state index contributed by atoms with van der Waals surface area (Å²) in [6, 6.07) is 7.22. The van der Waals surface area contributed by atoms with Crippen LogP contribution >= 0.6 is 0 Å². The number of carboxylic acids is 1. The van der Waals surface area contributed by atoms with Crippen molar-refractivity contribution < 1.29 is 9.90 Å². The lowest BCUT2D eigenvalue weighted by molar-refractivity contribution is 0.0697. The van der Waals surface area contributed by atoms with Crippen LogP contribution in [0.1, 0.15) is 48.5 Å². The zero-order valence-electron chi connectivity index (χ0n) is 10.5. The average molecular weight is 232 g/mol. The monoisotopic (exact) mass is 232 g/mol. The molecule has 0 radical (unpaired) electrons. The molecule has 2 nitrogen and oxygen atoms in total. The average Bonchev–Trinajstić information content (AvgIpc) is 2.29. The maximum absolute atomic E-state index is 10.8. The van der Waals surface area contributed by atoms with E-state index in [0.717, 1.165) is 12.8 Å². The Morgan fingerprint density at radius 3 is 2.35 bits per heavy atom. The molecule has 1 rings (SSSR count). The molecule has 0 aliphatic carbocycles. The van der Waals surface area contributed by atoms with Crippen molar-refractivity contribution in [2.45, 2.75) is 32.6 Å². The van der Waals surface area contributed by atoms with Crippen LogP contribution < -0.4 is 0 Å². The largest absolute Gasteiger partial charge is 0.478 e. The quantitative estimate of drug-likeness (QED) is 0.750. The summed E-state index contributed by atoms with van der Waals surface area (Å²) in [5, 5.41) is 8.85. The molecule has 1 atom stereocenters. The van der Waals surface area contributed by atoms with Gasteiger partial charge in [0.25, 0.3) is 0 Å². The van der Waals surface area contributed by atoms with Gasteiger partial charge in [0.05, 0.1) is 5.56 Å². The topological polar surface area (TPSA) is 37.3 Å². The molecule has 0 heterocycles. The fraction of sp³-hybridized carbons (Fsp3) is 0.400. The Balaban J connectivity index is 2.87. The molecule has 17 heavy (non-hydrogen) atoms. The molecule has 1 N–H and O–H groups in total. The molecule has 0 aromatic heterocycles. The summed E-state index contributed by atoms with van der Waals surface area (Å²) in [6.45, 7) is 8.13. The highest BCUT2D eigenvalue weighted by atomic mass is 16.4. The second-order valence-corrected chi connectivity index (χ2v) is 4.64. The summed E-state index contributed by atoms with van der Waals surface area (Å²) in [5.74, 6) is 0.144. The van der Waals surface area contributed by atoms with E-state index in [2.05, 4.69) is 20.4 Å². The minimum Gasteiger partial charge on any atom is -0.478 e. The molecule has 0 unspecified atom stereocenters. The Hall–Kier alpha value is -1.57. The van der Waals surface area contributed by atoms with Gasteiger partial charge in [0.15, 0.2) is 0 Å². The van der Waals surface area contributed by atoms with Crippen LogP contribution in [0.4, 0.5) is 0 Å². The van der Waals surface area contributed by atoms with E-state index in [1.165, 1.54) is 5.56 Å². The smallest absolute Gasteiger partial charge is 0.335 e. The second kappa shape index (κ2) is 6.24. The Labute approximate surface area is 103 Å². The minimum absolute atomic E-state index is 0.347. The van der Waals surface area contributed by atoms with Gasteiger partial charge < -0.3 is 5.11 Å². The highest BCUT2D eigenvalue weighted by Crippen LogP contribution is 2.29. The number of aromatic carboxylic acids is 1. The van der Waals surface area contributed by atoms with Gasteiger partial charge in [0, 0.05) is 0 Å². The third-order valence-corrected chi connectivity index (χ3v) is 3.07. The van der Waals surface area contributed by atoms with Crippen LogP contribution in [0.5, 0.6) is 0 Å². The van der Waals surface area contributed by atoms with Crippen molar-refractivity contribution in [2.24, 2.45) is 5.92 Å². The third-order valence-electron chi connectivity index (χ3n) is 3.07. The number of rotatable bonds is 6. The van der Waals surface area contributed by atoms with Crippen LogP contribution in [0, 0.1) is 5.92 Å². The van der Waals surface area contributed by atoms with Crippen molar-refractivity contribution in [3.63, 3.8) is 0 Å². The Kier molecular flexibility index (Phi) is 4.95. The molecular formula is C15H20O2. The van der Waals surface area contributed by atoms with Gasteiger partial charge >= 0.3 is 5.97 Å². The van der Waals surface area contributed by atoms with Crippen molar-refractivity contribution in [2.75, 3.05) is 0 Å². The van der Waals surface area contributed by atoms with Gasteiger partial charge in [0.2, 0.25) is 0 Å². The number of benzene rings is 1. The molecule has 0 saturated carbocycles. The number of carboxylic acid groups (broad SMARTS) is 1. The van der Waals surface area contributed by atoms with Gasteiger partial charge in [-0.3, -0.25) is 0 Å². The van der Waals surface area contributed by atoms with Crippen molar-refractivity contribution >= 4 is 5.97 Å². The third kappa shape index (κ3) is 3.74. The fourth-order valence-electron chi connectivity index (χ4n) is 2.06. The van der Waals surface area contributed by atoms with Crippen LogP contribution in [-0.2, 0) is 0 Å². The number of carbonyl (C=O) groups is 1. The number of allylic oxidation sites excluding steroid dienone is 1. The predicted octanol–water partition coefficient (Wildman–Crippen LogP) is 4.09. The first-order valence-electron chi connectivity index (χ1n) is 6.00. The van der Waals surface area contributed by atoms with Gasteiger partial charge in [-0.05, 0) is 42.4 Å². The molecule has 0 aliphatic rings.